The molecule has 170 valence electrons. The normalized spacial score (nSPS) is 29.4. The van der Waals surface area contributed by atoms with E-state index < -0.39 is 19.3 Å². The molecule has 0 spiro atoms. The third-order valence-corrected chi connectivity index (χ3v) is 6.93. The Morgan fingerprint density at radius 2 is 2.00 bits per heavy atom. The Kier molecular flexibility index (Phi) is 4.62. The van der Waals surface area contributed by atoms with Crippen molar-refractivity contribution in [2.75, 3.05) is 38.1 Å². The number of nitrogens with two attached hydrogens (primary N) is 1. The first-order chi connectivity index (χ1) is 17.5. The van der Waals surface area contributed by atoms with Gasteiger partial charge in [0.1, 0.15) is 5.82 Å². The Hall–Kier alpha value is -2.51. The second-order valence-corrected chi connectivity index (χ2v) is 9.18. The summed E-state index contributed by atoms with van der Waals surface area (Å²) in [5.74, 6) is 0.814. The number of benzene rings is 1. The number of ether oxygens (including phenoxy) is 1. The number of amides is 1. The van der Waals surface area contributed by atoms with Crippen LogP contribution in [0.5, 0.6) is 0 Å². The second kappa shape index (κ2) is 9.16. The lowest BCUT2D eigenvalue weighted by molar-refractivity contribution is 0.0545. The van der Waals surface area contributed by atoms with Gasteiger partial charge >= 0.3 is 0 Å². The molecule has 1 saturated carbocycles. The smallest absolute Gasteiger partial charge is 0.248 e. The van der Waals surface area contributed by atoms with E-state index in [1.807, 2.05) is 6.07 Å². The number of aromatic nitrogens is 2. The van der Waals surface area contributed by atoms with Crippen LogP contribution in [0.3, 0.4) is 0 Å². The highest BCUT2D eigenvalue weighted by Gasteiger charge is 2.41. The summed E-state index contributed by atoms with van der Waals surface area (Å²) in [7, 11) is 0. The van der Waals surface area contributed by atoms with Crippen molar-refractivity contribution in [3.63, 3.8) is 0 Å². The number of carbonyl (C=O) groups is 1. The molecule has 1 amide bonds. The molecule has 7 nitrogen and oxygen atoms in total. The number of carbonyl (C=O) groups excluding carboxylic acids is 1. The Labute approximate surface area is 196 Å². The van der Waals surface area contributed by atoms with Crippen LogP contribution in [0.25, 0.3) is 11.3 Å². The molecule has 3 fully saturated rings. The predicted molar refractivity (Wildman–Crippen MR) is 124 cm³/mol. The van der Waals surface area contributed by atoms with E-state index >= 15 is 0 Å². The van der Waals surface area contributed by atoms with E-state index in [2.05, 4.69) is 20.4 Å². The van der Waals surface area contributed by atoms with Gasteiger partial charge in [0, 0.05) is 56.8 Å². The van der Waals surface area contributed by atoms with Crippen LogP contribution in [0.2, 0.25) is 0 Å². The van der Waals surface area contributed by atoms with Gasteiger partial charge in [-0.3, -0.25) is 4.79 Å². The van der Waals surface area contributed by atoms with Gasteiger partial charge in [0.05, 0.1) is 5.69 Å². The standard InChI is InChI=1S/C25H33N5O2/c1-16-10-18(2-3-22(16)25(26)31)23-4-5-24(29-28-23)27-21-11-19-14-30(15-20(19)12-21)13-17-6-8-32-9-7-17/h2-5,10,17,19-21H,6-9,11-15H2,1H3,(H2,26,31)(H,27,29)/t19-,20+,21?/i1D3,13D2. The van der Waals surface area contributed by atoms with E-state index in [1.54, 1.807) is 12.1 Å². The molecule has 3 heterocycles. The Balaban J connectivity index is 1.20. The third-order valence-electron chi connectivity index (χ3n) is 6.93. The van der Waals surface area contributed by atoms with Crippen LogP contribution in [-0.2, 0) is 4.74 Å². The summed E-state index contributed by atoms with van der Waals surface area (Å²) in [5, 5.41) is 12.0. The van der Waals surface area contributed by atoms with Crippen LogP contribution in [0.1, 0.15) is 48.5 Å². The molecule has 1 aromatic carbocycles. The van der Waals surface area contributed by atoms with Crippen molar-refractivity contribution in [3.05, 3.63) is 41.5 Å². The summed E-state index contributed by atoms with van der Waals surface area (Å²) in [6, 6.07) is 8.31. The predicted octanol–water partition coefficient (Wildman–Crippen LogP) is 3.10. The lowest BCUT2D eigenvalue weighted by atomic mass is 10.00. The number of fused-ring (bicyclic) bond motifs is 1. The van der Waals surface area contributed by atoms with E-state index in [-0.39, 0.29) is 23.1 Å². The molecule has 7 heteroatoms. The van der Waals surface area contributed by atoms with Gasteiger partial charge in [-0.25, -0.2) is 0 Å². The van der Waals surface area contributed by atoms with Crippen molar-refractivity contribution in [1.29, 1.82) is 0 Å². The highest BCUT2D eigenvalue weighted by atomic mass is 16.5. The first kappa shape index (κ1) is 16.2. The molecule has 0 radical (unpaired) electrons. The average Bonchev–Trinajstić information content (AvgIpc) is 3.43. The first-order valence-electron chi connectivity index (χ1n) is 13.9. The quantitative estimate of drug-likeness (QED) is 0.717. The van der Waals surface area contributed by atoms with E-state index in [1.165, 1.54) is 12.1 Å². The van der Waals surface area contributed by atoms with Crippen LogP contribution in [-0.4, -0.2) is 59.8 Å². The number of hydrogen-bond acceptors (Lipinski definition) is 6. The fourth-order valence-corrected chi connectivity index (χ4v) is 5.30. The zero-order chi connectivity index (χ0) is 26.4. The minimum atomic E-state index is -2.48. The van der Waals surface area contributed by atoms with Crippen molar-refractivity contribution < 1.29 is 16.4 Å². The number of anilines is 1. The summed E-state index contributed by atoms with van der Waals surface area (Å²) in [4.78, 5) is 13.7. The summed E-state index contributed by atoms with van der Waals surface area (Å²) in [5.41, 5.74) is 6.26. The zero-order valence-corrected chi connectivity index (χ0v) is 18.1. The van der Waals surface area contributed by atoms with E-state index in [0.29, 0.717) is 42.1 Å². The number of nitrogens with zero attached hydrogens (tertiary/aromatic N) is 3. The summed E-state index contributed by atoms with van der Waals surface area (Å²) in [6.07, 6.45) is 3.49. The van der Waals surface area contributed by atoms with Gasteiger partial charge in [-0.1, -0.05) is 6.07 Å². The van der Waals surface area contributed by atoms with Crippen molar-refractivity contribution >= 4 is 11.7 Å². The summed E-state index contributed by atoms with van der Waals surface area (Å²) >= 11 is 0. The third kappa shape index (κ3) is 4.64. The minimum absolute atomic E-state index is 0.0267. The van der Waals surface area contributed by atoms with Crippen LogP contribution >= 0.6 is 0 Å². The van der Waals surface area contributed by atoms with Crippen LogP contribution in [0.4, 0.5) is 5.82 Å². The van der Waals surface area contributed by atoms with E-state index in [0.717, 1.165) is 38.8 Å². The maximum absolute atomic E-state index is 11.6. The lowest BCUT2D eigenvalue weighted by Gasteiger charge is -2.27. The highest BCUT2D eigenvalue weighted by Crippen LogP contribution is 2.39. The maximum atomic E-state index is 11.6. The minimum Gasteiger partial charge on any atom is -0.381 e. The van der Waals surface area contributed by atoms with Gasteiger partial charge in [-0.05, 0) is 80.1 Å². The summed E-state index contributed by atoms with van der Waals surface area (Å²) < 4.78 is 46.1. The van der Waals surface area contributed by atoms with Crippen LogP contribution < -0.4 is 11.1 Å². The monoisotopic (exact) mass is 440 g/mol. The molecule has 2 saturated heterocycles. The van der Waals surface area contributed by atoms with Gasteiger partial charge in [-0.2, -0.15) is 0 Å². The van der Waals surface area contributed by atoms with Crippen molar-refractivity contribution in [3.8, 4) is 11.3 Å². The molecule has 2 aliphatic heterocycles. The molecular formula is C25H33N5O2. The SMILES string of the molecule is [2H]C([2H])([2H])c1cc(-c2ccc(NC3C[C@@H]4CN(C([2H])([2H])C5CCOCC5)C[C@@H]4C3)nn2)ccc1C(N)=O. The Bertz CT molecular complexity index is 1120. The molecule has 0 bridgehead atoms. The Morgan fingerprint density at radius 1 is 1.22 bits per heavy atom. The number of nitrogens with one attached hydrogen (secondary N) is 1. The number of aryl methyl sites for hydroxylation is 1. The van der Waals surface area contributed by atoms with Crippen molar-refractivity contribution in [1.82, 2.24) is 15.1 Å². The molecule has 1 aliphatic carbocycles. The van der Waals surface area contributed by atoms with Gasteiger partial charge in [0.25, 0.3) is 0 Å². The Morgan fingerprint density at radius 3 is 2.66 bits per heavy atom. The largest absolute Gasteiger partial charge is 0.381 e. The second-order valence-electron chi connectivity index (χ2n) is 9.18. The van der Waals surface area contributed by atoms with Gasteiger partial charge in [-0.15, -0.1) is 10.2 Å². The number of primary amides is 1. The molecule has 1 aromatic heterocycles. The molecule has 5 rings (SSSR count). The number of hydrogen-bond donors (Lipinski definition) is 2. The first-order valence-corrected chi connectivity index (χ1v) is 11.4. The zero-order valence-electron chi connectivity index (χ0n) is 23.1. The molecule has 3 atom stereocenters. The van der Waals surface area contributed by atoms with E-state index in [4.69, 9.17) is 17.3 Å². The van der Waals surface area contributed by atoms with Crippen molar-refractivity contribution in [2.45, 2.75) is 38.6 Å². The number of rotatable bonds is 6. The van der Waals surface area contributed by atoms with E-state index in [9.17, 15) is 4.79 Å². The van der Waals surface area contributed by atoms with Crippen LogP contribution in [0.15, 0.2) is 30.3 Å². The highest BCUT2D eigenvalue weighted by molar-refractivity contribution is 5.94. The lowest BCUT2D eigenvalue weighted by Crippen LogP contribution is -2.32. The summed E-state index contributed by atoms with van der Waals surface area (Å²) in [6.45, 7) is -0.898. The number of likely N-dealkylation sites (tertiary alicyclic amines) is 1. The van der Waals surface area contributed by atoms with Crippen LogP contribution in [0, 0.1) is 24.6 Å². The molecule has 2 aromatic rings. The fourth-order valence-electron chi connectivity index (χ4n) is 5.30. The molecule has 3 aliphatic rings. The fraction of sp³-hybridized carbons (Fsp3) is 0.560. The molecule has 32 heavy (non-hydrogen) atoms. The molecule has 3 N–H and O–H groups in total. The topological polar surface area (TPSA) is 93.4 Å². The molecular weight excluding hydrogens is 402 g/mol. The van der Waals surface area contributed by atoms with Gasteiger partial charge in [0.2, 0.25) is 5.91 Å². The maximum Gasteiger partial charge on any atom is 0.248 e. The van der Waals surface area contributed by atoms with Gasteiger partial charge < -0.3 is 20.7 Å². The van der Waals surface area contributed by atoms with Crippen molar-refractivity contribution in [2.24, 2.45) is 23.5 Å². The van der Waals surface area contributed by atoms with Gasteiger partial charge in [0.15, 0.2) is 0 Å². The average molecular weight is 441 g/mol. The molecule has 1 unspecified atom stereocenters.